The second-order valence-corrected chi connectivity index (χ2v) is 6.83. The minimum Gasteiger partial charge on any atom is -0.346 e. The van der Waals surface area contributed by atoms with Gasteiger partial charge in [-0.3, -0.25) is 4.79 Å². The van der Waals surface area contributed by atoms with Gasteiger partial charge in [-0.2, -0.15) is 0 Å². The second-order valence-electron chi connectivity index (χ2n) is 5.88. The highest BCUT2D eigenvalue weighted by Crippen LogP contribution is 2.25. The first-order valence-corrected chi connectivity index (χ1v) is 8.01. The Morgan fingerprint density at radius 2 is 2.15 bits per heavy atom. The molecule has 0 saturated carbocycles. The normalized spacial score (nSPS) is 16.5. The predicted molar refractivity (Wildman–Crippen MR) is 87.6 cm³/mol. The van der Waals surface area contributed by atoms with Crippen LogP contribution in [0.3, 0.4) is 0 Å². The number of carbonyl (C=O) groups excluding carboxylic acids is 1. The molecular formula is C15H25ClN2OS. The average Bonchev–Trinajstić information content (AvgIpc) is 2.92. The van der Waals surface area contributed by atoms with Gasteiger partial charge < -0.3 is 10.6 Å². The van der Waals surface area contributed by atoms with Gasteiger partial charge in [0, 0.05) is 11.3 Å². The molecule has 0 unspecified atom stereocenters. The van der Waals surface area contributed by atoms with Crippen molar-refractivity contribution >= 4 is 29.7 Å². The van der Waals surface area contributed by atoms with Crippen molar-refractivity contribution in [3.63, 3.8) is 0 Å². The Balaban J connectivity index is 0.00000200. The molecule has 0 atom stereocenters. The van der Waals surface area contributed by atoms with E-state index >= 15 is 0 Å². The number of hydrogen-bond donors (Lipinski definition) is 2. The van der Waals surface area contributed by atoms with Gasteiger partial charge in [0.2, 0.25) is 5.91 Å². The molecule has 2 heterocycles. The van der Waals surface area contributed by atoms with Gasteiger partial charge in [0.05, 0.1) is 5.54 Å². The van der Waals surface area contributed by atoms with Gasteiger partial charge in [-0.05, 0) is 63.6 Å². The van der Waals surface area contributed by atoms with Crippen LogP contribution in [-0.4, -0.2) is 19.0 Å². The van der Waals surface area contributed by atoms with E-state index in [1.54, 1.807) is 11.3 Å². The monoisotopic (exact) mass is 316 g/mol. The molecule has 0 aliphatic carbocycles. The Labute approximate surface area is 131 Å². The Morgan fingerprint density at radius 3 is 2.75 bits per heavy atom. The maximum atomic E-state index is 12.1. The lowest BCUT2D eigenvalue weighted by Crippen LogP contribution is -2.40. The van der Waals surface area contributed by atoms with Crippen molar-refractivity contribution in [3.05, 3.63) is 22.4 Å². The maximum absolute atomic E-state index is 12.1. The van der Waals surface area contributed by atoms with Crippen LogP contribution in [-0.2, 0) is 10.3 Å². The number of halogens is 1. The molecule has 1 aliphatic heterocycles. The molecule has 1 aromatic rings. The van der Waals surface area contributed by atoms with E-state index in [0.29, 0.717) is 6.42 Å². The third kappa shape index (κ3) is 5.08. The number of amides is 1. The van der Waals surface area contributed by atoms with Crippen molar-refractivity contribution in [1.29, 1.82) is 0 Å². The predicted octanol–water partition coefficient (Wildman–Crippen LogP) is 3.30. The van der Waals surface area contributed by atoms with Crippen LogP contribution in [0, 0.1) is 5.92 Å². The molecule has 1 aliphatic rings. The van der Waals surface area contributed by atoms with E-state index in [2.05, 4.69) is 35.9 Å². The van der Waals surface area contributed by atoms with Crippen LogP contribution < -0.4 is 10.6 Å². The van der Waals surface area contributed by atoms with Crippen LogP contribution in [0.4, 0.5) is 0 Å². The number of thiophene rings is 1. The van der Waals surface area contributed by atoms with Gasteiger partial charge in [-0.25, -0.2) is 0 Å². The van der Waals surface area contributed by atoms with E-state index in [-0.39, 0.29) is 23.9 Å². The number of hydrogen-bond acceptors (Lipinski definition) is 3. The first kappa shape index (κ1) is 17.5. The van der Waals surface area contributed by atoms with Crippen LogP contribution in [0.25, 0.3) is 0 Å². The van der Waals surface area contributed by atoms with E-state index < -0.39 is 0 Å². The summed E-state index contributed by atoms with van der Waals surface area (Å²) in [6, 6.07) is 4.11. The summed E-state index contributed by atoms with van der Waals surface area (Å²) >= 11 is 1.70. The quantitative estimate of drug-likeness (QED) is 0.875. The molecule has 0 aromatic carbocycles. The molecule has 0 spiro atoms. The van der Waals surface area contributed by atoms with Crippen molar-refractivity contribution in [1.82, 2.24) is 10.6 Å². The molecule has 114 valence electrons. The molecule has 3 nitrogen and oxygen atoms in total. The second kappa shape index (κ2) is 8.01. The van der Waals surface area contributed by atoms with E-state index in [1.807, 2.05) is 6.07 Å². The SMILES string of the molecule is CC(C)(NC(=O)CCC1CCNCC1)c1cccs1.Cl. The molecule has 2 rings (SSSR count). The fraction of sp³-hybridized carbons (Fsp3) is 0.667. The van der Waals surface area contributed by atoms with E-state index in [4.69, 9.17) is 0 Å². The summed E-state index contributed by atoms with van der Waals surface area (Å²) in [6.07, 6.45) is 4.09. The largest absolute Gasteiger partial charge is 0.346 e. The molecular weight excluding hydrogens is 292 g/mol. The Morgan fingerprint density at radius 1 is 1.45 bits per heavy atom. The molecule has 0 bridgehead atoms. The summed E-state index contributed by atoms with van der Waals surface area (Å²) in [4.78, 5) is 13.3. The fourth-order valence-electron chi connectivity index (χ4n) is 2.61. The van der Waals surface area contributed by atoms with Crippen LogP contribution in [0.5, 0.6) is 0 Å². The smallest absolute Gasteiger partial charge is 0.220 e. The number of nitrogens with one attached hydrogen (secondary N) is 2. The lowest BCUT2D eigenvalue weighted by Gasteiger charge is -2.26. The summed E-state index contributed by atoms with van der Waals surface area (Å²) in [5.41, 5.74) is -0.251. The molecule has 1 fully saturated rings. The highest BCUT2D eigenvalue weighted by atomic mass is 35.5. The Kier molecular flexibility index (Phi) is 7.00. The van der Waals surface area contributed by atoms with Gasteiger partial charge in [-0.1, -0.05) is 6.07 Å². The summed E-state index contributed by atoms with van der Waals surface area (Å²) in [5.74, 6) is 0.897. The summed E-state index contributed by atoms with van der Waals surface area (Å²) in [6.45, 7) is 6.35. The zero-order valence-corrected chi connectivity index (χ0v) is 13.9. The van der Waals surface area contributed by atoms with Gasteiger partial charge in [-0.15, -0.1) is 23.7 Å². The molecule has 0 radical (unpaired) electrons. The average molecular weight is 317 g/mol. The fourth-order valence-corrected chi connectivity index (χ4v) is 3.42. The van der Waals surface area contributed by atoms with E-state index in [1.165, 1.54) is 17.7 Å². The van der Waals surface area contributed by atoms with Crippen molar-refractivity contribution in [2.75, 3.05) is 13.1 Å². The molecule has 2 N–H and O–H groups in total. The van der Waals surface area contributed by atoms with Crippen LogP contribution in [0.2, 0.25) is 0 Å². The maximum Gasteiger partial charge on any atom is 0.220 e. The van der Waals surface area contributed by atoms with Crippen LogP contribution >= 0.6 is 23.7 Å². The van der Waals surface area contributed by atoms with Crippen LogP contribution in [0.1, 0.15) is 44.4 Å². The molecule has 1 aromatic heterocycles. The third-order valence-electron chi connectivity index (χ3n) is 3.83. The lowest BCUT2D eigenvalue weighted by molar-refractivity contribution is -0.123. The van der Waals surface area contributed by atoms with Gasteiger partial charge in [0.15, 0.2) is 0 Å². The molecule has 5 heteroatoms. The zero-order chi connectivity index (χ0) is 13.7. The van der Waals surface area contributed by atoms with E-state index in [9.17, 15) is 4.79 Å². The standard InChI is InChI=1S/C15H24N2OS.ClH/c1-15(2,13-4-3-11-19-13)17-14(18)6-5-12-7-9-16-10-8-12;/h3-4,11-12,16H,5-10H2,1-2H3,(H,17,18);1H. The number of carbonyl (C=O) groups is 1. The first-order valence-electron chi connectivity index (χ1n) is 7.13. The van der Waals surface area contributed by atoms with Crippen LogP contribution in [0.15, 0.2) is 17.5 Å². The van der Waals surface area contributed by atoms with Gasteiger partial charge in [0.25, 0.3) is 0 Å². The van der Waals surface area contributed by atoms with E-state index in [0.717, 1.165) is 25.4 Å². The summed E-state index contributed by atoms with van der Waals surface area (Å²) < 4.78 is 0. The highest BCUT2D eigenvalue weighted by Gasteiger charge is 2.24. The number of rotatable bonds is 5. The Hall–Kier alpha value is -0.580. The van der Waals surface area contributed by atoms with Gasteiger partial charge in [0.1, 0.15) is 0 Å². The zero-order valence-electron chi connectivity index (χ0n) is 12.3. The highest BCUT2D eigenvalue weighted by molar-refractivity contribution is 7.10. The first-order chi connectivity index (χ1) is 9.08. The minimum absolute atomic E-state index is 0. The van der Waals surface area contributed by atoms with Crippen molar-refractivity contribution in [2.45, 2.75) is 45.1 Å². The molecule has 1 amide bonds. The van der Waals surface area contributed by atoms with Crippen molar-refractivity contribution < 1.29 is 4.79 Å². The molecule has 20 heavy (non-hydrogen) atoms. The molecule has 1 saturated heterocycles. The van der Waals surface area contributed by atoms with Crippen molar-refractivity contribution in [2.24, 2.45) is 5.92 Å². The van der Waals surface area contributed by atoms with Crippen molar-refractivity contribution in [3.8, 4) is 0 Å². The summed E-state index contributed by atoms with van der Waals surface area (Å²) in [5, 5.41) is 8.57. The minimum atomic E-state index is -0.251. The lowest BCUT2D eigenvalue weighted by atomic mass is 9.93. The van der Waals surface area contributed by atoms with Gasteiger partial charge >= 0.3 is 0 Å². The Bertz CT molecular complexity index is 400. The topological polar surface area (TPSA) is 41.1 Å². The summed E-state index contributed by atoms with van der Waals surface area (Å²) in [7, 11) is 0. The number of piperidine rings is 1. The third-order valence-corrected chi connectivity index (χ3v) is 5.02.